The Hall–Kier alpha value is -0.950. The van der Waals surface area contributed by atoms with Crippen LogP contribution in [0.4, 0.5) is 14.6 Å². The zero-order valence-corrected chi connectivity index (χ0v) is 8.19. The number of pyridine rings is 1. The summed E-state index contributed by atoms with van der Waals surface area (Å²) in [6, 6.07) is 0.875. The first-order valence-electron chi connectivity index (χ1n) is 3.31. The summed E-state index contributed by atoms with van der Waals surface area (Å²) in [4.78, 5) is 2.64. The Bertz CT molecular complexity index is 449. The van der Waals surface area contributed by atoms with Crippen LogP contribution in [0.1, 0.15) is 12.0 Å². The molecular weight excluding hydrogens is 238 g/mol. The summed E-state index contributed by atoms with van der Waals surface area (Å²) in [5.41, 5.74) is 4.25. The highest BCUT2D eigenvalue weighted by atomic mass is 35.7. The van der Waals surface area contributed by atoms with Crippen molar-refractivity contribution in [1.82, 2.24) is 4.98 Å². The lowest BCUT2D eigenvalue weighted by Gasteiger charge is -2.07. The maximum absolute atomic E-state index is 12.4. The van der Waals surface area contributed by atoms with Gasteiger partial charge in [0.1, 0.15) is 5.82 Å². The van der Waals surface area contributed by atoms with Gasteiger partial charge in [-0.25, -0.2) is 22.2 Å². The third-order valence-corrected chi connectivity index (χ3v) is 2.84. The van der Waals surface area contributed by atoms with E-state index in [0.29, 0.717) is 0 Å². The van der Waals surface area contributed by atoms with Gasteiger partial charge in [-0.05, 0) is 6.07 Å². The number of nitrogens with zero attached hydrogens (tertiary/aromatic N) is 1. The number of anilines is 1. The number of aromatic nitrogens is 1. The molecule has 0 aromatic carbocycles. The van der Waals surface area contributed by atoms with Crippen LogP contribution in [-0.2, 0) is 9.05 Å². The lowest BCUT2D eigenvalue weighted by atomic mass is 10.2. The summed E-state index contributed by atoms with van der Waals surface area (Å²) in [7, 11) is 0.707. The van der Waals surface area contributed by atoms with Crippen molar-refractivity contribution in [3.63, 3.8) is 0 Å². The molecule has 0 saturated heterocycles. The van der Waals surface area contributed by atoms with Gasteiger partial charge in [-0.1, -0.05) is 0 Å². The van der Waals surface area contributed by atoms with E-state index in [0.717, 1.165) is 12.3 Å². The molecule has 1 heterocycles. The fraction of sp³-hybridized carbons (Fsp3) is 0.167. The Labute approximate surface area is 83.1 Å². The lowest BCUT2D eigenvalue weighted by molar-refractivity contribution is 0.148. The maximum Gasteiger partial charge on any atom is 0.268 e. The van der Waals surface area contributed by atoms with Crippen LogP contribution >= 0.6 is 10.7 Å². The Morgan fingerprint density at radius 3 is 2.43 bits per heavy atom. The van der Waals surface area contributed by atoms with E-state index < -0.39 is 31.8 Å². The number of hydrogen-bond acceptors (Lipinski definition) is 4. The van der Waals surface area contributed by atoms with Crippen LogP contribution in [0.5, 0.6) is 0 Å². The summed E-state index contributed by atoms with van der Waals surface area (Å²) in [6.07, 6.45) is -2.04. The van der Waals surface area contributed by atoms with Crippen molar-refractivity contribution in [3.05, 3.63) is 17.8 Å². The number of rotatable bonds is 2. The minimum absolute atomic E-state index is 0.540. The third-order valence-electron chi connectivity index (χ3n) is 1.46. The molecule has 14 heavy (non-hydrogen) atoms. The smallest absolute Gasteiger partial charge is 0.268 e. The fourth-order valence-electron chi connectivity index (χ4n) is 0.903. The van der Waals surface area contributed by atoms with Crippen LogP contribution < -0.4 is 5.73 Å². The molecular formula is C6H5ClF2N2O2S. The molecule has 1 aromatic heterocycles. The van der Waals surface area contributed by atoms with Gasteiger partial charge in [0, 0.05) is 16.9 Å². The summed E-state index contributed by atoms with van der Waals surface area (Å²) in [6.45, 7) is 0. The second kappa shape index (κ2) is 3.66. The number of nitrogens with two attached hydrogens (primary N) is 1. The molecule has 0 fully saturated rings. The van der Waals surface area contributed by atoms with Crippen LogP contribution in [0.3, 0.4) is 0 Å². The minimum atomic E-state index is -4.23. The summed E-state index contributed by atoms with van der Waals surface area (Å²) >= 11 is 0. The van der Waals surface area contributed by atoms with Gasteiger partial charge in [-0.15, -0.1) is 0 Å². The van der Waals surface area contributed by atoms with E-state index in [1.807, 2.05) is 0 Å². The van der Waals surface area contributed by atoms with E-state index in [1.54, 1.807) is 0 Å². The molecule has 0 spiro atoms. The first-order valence-corrected chi connectivity index (χ1v) is 5.62. The van der Waals surface area contributed by atoms with E-state index in [9.17, 15) is 17.2 Å². The molecule has 0 amide bonds. The Balaban J connectivity index is 3.52. The number of nitrogen functional groups attached to an aromatic ring is 1. The molecule has 4 nitrogen and oxygen atoms in total. The third kappa shape index (κ3) is 2.10. The Kier molecular flexibility index (Phi) is 2.91. The second-order valence-electron chi connectivity index (χ2n) is 2.35. The van der Waals surface area contributed by atoms with E-state index in [1.165, 1.54) is 0 Å². The van der Waals surface area contributed by atoms with Gasteiger partial charge in [-0.3, -0.25) is 0 Å². The van der Waals surface area contributed by atoms with Crippen molar-refractivity contribution in [2.45, 2.75) is 11.3 Å². The zero-order chi connectivity index (χ0) is 10.9. The zero-order valence-electron chi connectivity index (χ0n) is 6.62. The fourth-order valence-corrected chi connectivity index (χ4v) is 1.99. The summed E-state index contributed by atoms with van der Waals surface area (Å²) in [5, 5.41) is 0. The first-order chi connectivity index (χ1) is 6.34. The Morgan fingerprint density at radius 1 is 1.50 bits per heavy atom. The van der Waals surface area contributed by atoms with Crippen molar-refractivity contribution < 1.29 is 17.2 Å². The molecule has 2 N–H and O–H groups in total. The predicted octanol–water partition coefficient (Wildman–Crippen LogP) is 1.53. The molecule has 1 aromatic rings. The minimum Gasteiger partial charge on any atom is -0.383 e. The van der Waals surface area contributed by atoms with Crippen molar-refractivity contribution in [3.8, 4) is 0 Å². The second-order valence-corrected chi connectivity index (χ2v) is 4.88. The normalized spacial score (nSPS) is 12.0. The molecule has 0 saturated carbocycles. The quantitative estimate of drug-likeness (QED) is 0.798. The molecule has 0 bridgehead atoms. The molecule has 0 aliphatic heterocycles. The van der Waals surface area contributed by atoms with Gasteiger partial charge in [0.25, 0.3) is 15.5 Å². The van der Waals surface area contributed by atoms with E-state index >= 15 is 0 Å². The topological polar surface area (TPSA) is 73.0 Å². The van der Waals surface area contributed by atoms with Gasteiger partial charge < -0.3 is 5.73 Å². The van der Waals surface area contributed by atoms with E-state index in [2.05, 4.69) is 4.98 Å². The monoisotopic (exact) mass is 242 g/mol. The van der Waals surface area contributed by atoms with Crippen molar-refractivity contribution in [2.75, 3.05) is 5.73 Å². The molecule has 1 rings (SSSR count). The summed E-state index contributed by atoms with van der Waals surface area (Å²) < 4.78 is 46.5. The summed E-state index contributed by atoms with van der Waals surface area (Å²) in [5.74, 6) is -0.540. The molecule has 8 heteroatoms. The molecule has 0 atom stereocenters. The highest BCUT2D eigenvalue weighted by Gasteiger charge is 2.24. The Morgan fingerprint density at radius 2 is 2.07 bits per heavy atom. The predicted molar refractivity (Wildman–Crippen MR) is 46.6 cm³/mol. The van der Waals surface area contributed by atoms with Crippen molar-refractivity contribution in [1.29, 1.82) is 0 Å². The van der Waals surface area contributed by atoms with Gasteiger partial charge in [0.2, 0.25) is 0 Å². The number of halogens is 3. The largest absolute Gasteiger partial charge is 0.383 e. The standard InChI is InChI=1S/C6H5ClF2N2O2S/c7-14(12,13)3-1-2-11-6(10)4(3)5(8)9/h1-2,5H,(H2,10,11). The van der Waals surface area contributed by atoms with E-state index in [4.69, 9.17) is 16.4 Å². The SMILES string of the molecule is Nc1nccc(S(=O)(=O)Cl)c1C(F)F. The number of alkyl halides is 2. The van der Waals surface area contributed by atoms with Crippen LogP contribution in [0.2, 0.25) is 0 Å². The van der Waals surface area contributed by atoms with Crippen molar-refractivity contribution in [2.24, 2.45) is 0 Å². The highest BCUT2D eigenvalue weighted by Crippen LogP contribution is 2.31. The molecule has 78 valence electrons. The van der Waals surface area contributed by atoms with Crippen LogP contribution in [0.15, 0.2) is 17.2 Å². The average molecular weight is 243 g/mol. The van der Waals surface area contributed by atoms with Gasteiger partial charge >= 0.3 is 0 Å². The van der Waals surface area contributed by atoms with Gasteiger partial charge in [0.15, 0.2) is 0 Å². The van der Waals surface area contributed by atoms with Gasteiger partial charge in [0.05, 0.1) is 10.5 Å². The average Bonchev–Trinajstić information content (AvgIpc) is 2.01. The highest BCUT2D eigenvalue weighted by molar-refractivity contribution is 8.13. The van der Waals surface area contributed by atoms with Crippen molar-refractivity contribution >= 4 is 25.6 Å². The van der Waals surface area contributed by atoms with Crippen LogP contribution in [0.25, 0.3) is 0 Å². The lowest BCUT2D eigenvalue weighted by Crippen LogP contribution is -2.05. The van der Waals surface area contributed by atoms with Gasteiger partial charge in [-0.2, -0.15) is 0 Å². The van der Waals surface area contributed by atoms with Crippen LogP contribution in [-0.4, -0.2) is 13.4 Å². The first kappa shape index (κ1) is 11.1. The molecule has 0 radical (unpaired) electrons. The molecule has 0 unspecified atom stereocenters. The molecule has 0 aliphatic rings. The maximum atomic E-state index is 12.4. The number of hydrogen-bond donors (Lipinski definition) is 1. The van der Waals surface area contributed by atoms with E-state index in [-0.39, 0.29) is 0 Å². The molecule has 0 aliphatic carbocycles. The van der Waals surface area contributed by atoms with Crippen LogP contribution in [0, 0.1) is 0 Å².